The van der Waals surface area contributed by atoms with Crippen LogP contribution in [-0.4, -0.2) is 18.4 Å². The zero-order valence-electron chi connectivity index (χ0n) is 16.4. The Kier molecular flexibility index (Phi) is 4.96. The molecule has 1 fully saturated rings. The summed E-state index contributed by atoms with van der Waals surface area (Å²) in [5.41, 5.74) is 1.05. The minimum atomic E-state index is -0.759. The highest BCUT2D eigenvalue weighted by molar-refractivity contribution is 6.06. The molecule has 146 valence electrons. The van der Waals surface area contributed by atoms with Gasteiger partial charge in [0.1, 0.15) is 16.9 Å². The Bertz CT molecular complexity index is 883. The third kappa shape index (κ3) is 2.83. The van der Waals surface area contributed by atoms with E-state index in [1.807, 2.05) is 37.3 Å². The van der Waals surface area contributed by atoms with Gasteiger partial charge in [0.2, 0.25) is 0 Å². The fourth-order valence-corrected chi connectivity index (χ4v) is 4.93. The first-order valence-corrected chi connectivity index (χ1v) is 10.2. The molecule has 1 aliphatic carbocycles. The number of esters is 1. The fraction of sp³-hybridized carbons (Fsp3) is 0.417. The minimum Gasteiger partial charge on any atom is -0.480 e. The van der Waals surface area contributed by atoms with Crippen LogP contribution in [0.5, 0.6) is 5.75 Å². The van der Waals surface area contributed by atoms with Crippen LogP contribution in [0.25, 0.3) is 0 Å². The molecule has 2 aromatic carbocycles. The highest BCUT2D eigenvalue weighted by atomic mass is 16.5. The number of hydrogen-bond donors (Lipinski definition) is 0. The van der Waals surface area contributed by atoms with E-state index < -0.39 is 11.6 Å². The molecule has 2 unspecified atom stereocenters. The molecule has 2 atom stereocenters. The van der Waals surface area contributed by atoms with Crippen LogP contribution < -0.4 is 4.74 Å². The van der Waals surface area contributed by atoms with Gasteiger partial charge >= 0.3 is 5.97 Å². The van der Waals surface area contributed by atoms with Crippen molar-refractivity contribution in [3.63, 3.8) is 0 Å². The van der Waals surface area contributed by atoms with Crippen molar-refractivity contribution < 1.29 is 19.1 Å². The van der Waals surface area contributed by atoms with Gasteiger partial charge in [-0.05, 0) is 37.5 Å². The molecule has 4 rings (SSSR count). The molecule has 0 amide bonds. The van der Waals surface area contributed by atoms with Crippen molar-refractivity contribution in [1.29, 1.82) is 0 Å². The first-order valence-electron chi connectivity index (χ1n) is 10.2. The van der Waals surface area contributed by atoms with Gasteiger partial charge in [0.25, 0.3) is 0 Å². The molecule has 0 radical (unpaired) electrons. The summed E-state index contributed by atoms with van der Waals surface area (Å²) < 4.78 is 12.0. The van der Waals surface area contributed by atoms with Gasteiger partial charge in [-0.15, -0.1) is 0 Å². The average molecular weight is 378 g/mol. The summed E-state index contributed by atoms with van der Waals surface area (Å²) in [5, 5.41) is 0. The molecule has 1 heterocycles. The van der Waals surface area contributed by atoms with Crippen LogP contribution in [0, 0.1) is 11.8 Å². The second kappa shape index (κ2) is 7.42. The Morgan fingerprint density at radius 2 is 1.82 bits per heavy atom. The number of para-hydroxylation sites is 1. The van der Waals surface area contributed by atoms with E-state index in [9.17, 15) is 9.59 Å². The molecule has 1 aliphatic heterocycles. The normalized spacial score (nSPS) is 24.5. The highest BCUT2D eigenvalue weighted by Crippen LogP contribution is 2.53. The number of hydrogen-bond acceptors (Lipinski definition) is 4. The molecular weight excluding hydrogens is 352 g/mol. The summed E-state index contributed by atoms with van der Waals surface area (Å²) in [6.45, 7) is 4.01. The number of ether oxygens (including phenoxy) is 2. The van der Waals surface area contributed by atoms with Gasteiger partial charge < -0.3 is 9.47 Å². The lowest BCUT2D eigenvalue weighted by Gasteiger charge is -2.47. The van der Waals surface area contributed by atoms with Crippen molar-refractivity contribution in [1.82, 2.24) is 0 Å². The molecule has 2 aromatic rings. The van der Waals surface area contributed by atoms with Crippen LogP contribution in [0.2, 0.25) is 0 Å². The average Bonchev–Trinajstić information content (AvgIpc) is 3.26. The maximum Gasteiger partial charge on any atom is 0.341 e. The summed E-state index contributed by atoms with van der Waals surface area (Å²) in [6, 6.07) is 15.2. The first-order chi connectivity index (χ1) is 13.6. The van der Waals surface area contributed by atoms with Crippen molar-refractivity contribution >= 4 is 11.8 Å². The highest BCUT2D eigenvalue weighted by Gasteiger charge is 2.54. The molecule has 0 spiro atoms. The molecule has 4 nitrogen and oxygen atoms in total. The lowest BCUT2D eigenvalue weighted by atomic mass is 9.68. The molecule has 4 heteroatoms. The van der Waals surface area contributed by atoms with Crippen LogP contribution >= 0.6 is 0 Å². The van der Waals surface area contributed by atoms with Gasteiger partial charge in [-0.25, -0.2) is 4.79 Å². The summed E-state index contributed by atoms with van der Waals surface area (Å²) in [4.78, 5) is 26.0. The number of fused-ring (bicyclic) bond motifs is 1. The van der Waals surface area contributed by atoms with Crippen molar-refractivity contribution in [2.75, 3.05) is 6.61 Å². The molecule has 0 aromatic heterocycles. The Hall–Kier alpha value is -2.62. The van der Waals surface area contributed by atoms with Crippen molar-refractivity contribution in [2.24, 2.45) is 11.8 Å². The Balaban J connectivity index is 1.91. The van der Waals surface area contributed by atoms with Crippen LogP contribution in [0.15, 0.2) is 48.5 Å². The molecule has 0 saturated heterocycles. The molecule has 2 aliphatic rings. The second-order valence-corrected chi connectivity index (χ2v) is 7.73. The number of benzene rings is 2. The summed E-state index contributed by atoms with van der Waals surface area (Å²) in [5.74, 6) is -0.141. The largest absolute Gasteiger partial charge is 0.480 e. The second-order valence-electron chi connectivity index (χ2n) is 7.73. The molecular formula is C24H26O4. The van der Waals surface area contributed by atoms with E-state index in [-0.39, 0.29) is 24.2 Å². The van der Waals surface area contributed by atoms with Crippen LogP contribution in [0.3, 0.4) is 0 Å². The van der Waals surface area contributed by atoms with Gasteiger partial charge in [0.15, 0.2) is 5.78 Å². The summed E-state index contributed by atoms with van der Waals surface area (Å²) in [7, 11) is 0. The predicted molar refractivity (Wildman–Crippen MR) is 107 cm³/mol. The Morgan fingerprint density at radius 3 is 2.50 bits per heavy atom. The quantitative estimate of drug-likeness (QED) is 0.690. The van der Waals surface area contributed by atoms with E-state index in [0.717, 1.165) is 31.2 Å². The lowest BCUT2D eigenvalue weighted by Crippen LogP contribution is -2.51. The maximum atomic E-state index is 13.5. The molecule has 0 N–H and O–H groups in total. The Morgan fingerprint density at radius 1 is 1.11 bits per heavy atom. The van der Waals surface area contributed by atoms with E-state index in [2.05, 4.69) is 0 Å². The van der Waals surface area contributed by atoms with Gasteiger partial charge in [0, 0.05) is 5.92 Å². The van der Waals surface area contributed by atoms with Crippen molar-refractivity contribution in [3.05, 3.63) is 65.2 Å². The predicted octanol–water partition coefficient (Wildman–Crippen LogP) is 5.16. The van der Waals surface area contributed by atoms with Crippen LogP contribution in [0.1, 0.15) is 65.8 Å². The van der Waals surface area contributed by atoms with Gasteiger partial charge in [-0.1, -0.05) is 56.2 Å². The van der Waals surface area contributed by atoms with Crippen LogP contribution in [-0.2, 0) is 10.3 Å². The SMILES string of the molecule is CCOC(=O)c1cccc2c1OC(c1ccccc1)(C1CCCC1)C(C)C2=O. The monoisotopic (exact) mass is 378 g/mol. The topological polar surface area (TPSA) is 52.6 Å². The summed E-state index contributed by atoms with van der Waals surface area (Å²) >= 11 is 0. The van der Waals surface area contributed by atoms with E-state index in [0.29, 0.717) is 16.9 Å². The molecule has 0 bridgehead atoms. The van der Waals surface area contributed by atoms with Gasteiger partial charge in [0.05, 0.1) is 18.1 Å². The zero-order chi connectivity index (χ0) is 19.7. The summed E-state index contributed by atoms with van der Waals surface area (Å²) in [6.07, 6.45) is 4.30. The van der Waals surface area contributed by atoms with Gasteiger partial charge in [-0.2, -0.15) is 0 Å². The number of ketones is 1. The number of rotatable bonds is 4. The molecule has 28 heavy (non-hydrogen) atoms. The molecule has 1 saturated carbocycles. The smallest absolute Gasteiger partial charge is 0.341 e. The number of carbonyl (C=O) groups is 2. The van der Waals surface area contributed by atoms with Gasteiger partial charge in [-0.3, -0.25) is 4.79 Å². The maximum absolute atomic E-state index is 13.5. The van der Waals surface area contributed by atoms with E-state index in [1.165, 1.54) is 0 Å². The first kappa shape index (κ1) is 18.7. The van der Waals surface area contributed by atoms with E-state index in [4.69, 9.17) is 9.47 Å². The Labute approximate surface area is 165 Å². The zero-order valence-corrected chi connectivity index (χ0v) is 16.4. The van der Waals surface area contributed by atoms with Crippen LogP contribution in [0.4, 0.5) is 0 Å². The minimum absolute atomic E-state index is 0.0307. The lowest BCUT2D eigenvalue weighted by molar-refractivity contribution is -0.0437. The number of carbonyl (C=O) groups excluding carboxylic acids is 2. The van der Waals surface area contributed by atoms with Crippen molar-refractivity contribution in [2.45, 2.75) is 45.1 Å². The van der Waals surface area contributed by atoms with Crippen molar-refractivity contribution in [3.8, 4) is 5.75 Å². The third-order valence-corrected chi connectivity index (χ3v) is 6.27. The fourth-order valence-electron chi connectivity index (χ4n) is 4.93. The van der Waals surface area contributed by atoms with E-state index >= 15 is 0 Å². The third-order valence-electron chi connectivity index (χ3n) is 6.27. The number of Topliss-reactive ketones (excluding diaryl/α,β-unsaturated/α-hetero) is 1. The van der Waals surface area contributed by atoms with E-state index in [1.54, 1.807) is 25.1 Å². The standard InChI is InChI=1S/C24H26O4/c1-3-27-23(26)20-15-9-14-19-21(25)16(2)24(28-22(19)20,18-12-7-8-13-18)17-10-5-4-6-11-17/h4-6,9-11,14-16,18H,3,7-8,12-13H2,1-2H3.